The summed E-state index contributed by atoms with van der Waals surface area (Å²) in [6, 6.07) is 8.89. The van der Waals surface area contributed by atoms with E-state index >= 15 is 0 Å². The summed E-state index contributed by atoms with van der Waals surface area (Å²) in [4.78, 5) is 36.9. The van der Waals surface area contributed by atoms with Crippen LogP contribution in [0.3, 0.4) is 0 Å². The molecule has 1 aromatic rings. The lowest BCUT2D eigenvalue weighted by Gasteiger charge is -2.30. The van der Waals surface area contributed by atoms with Gasteiger partial charge in [-0.3, -0.25) is 14.4 Å². The lowest BCUT2D eigenvalue weighted by atomic mass is 9.92. The van der Waals surface area contributed by atoms with Crippen LogP contribution >= 0.6 is 0 Å². The lowest BCUT2D eigenvalue weighted by Crippen LogP contribution is -2.49. The van der Waals surface area contributed by atoms with Gasteiger partial charge in [0.05, 0.1) is 25.7 Å². The van der Waals surface area contributed by atoms with Crippen molar-refractivity contribution in [2.75, 3.05) is 20.3 Å². The van der Waals surface area contributed by atoms with Gasteiger partial charge in [0.15, 0.2) is 0 Å². The monoisotopic (exact) mass is 490 g/mol. The minimum absolute atomic E-state index is 0.0102. The summed E-state index contributed by atoms with van der Waals surface area (Å²) in [5.41, 5.74) is 0.981. The van der Waals surface area contributed by atoms with Gasteiger partial charge in [-0.05, 0) is 50.0 Å². The number of carbonyl (C=O) groups excluding carboxylic acids is 3. The molecule has 0 unspecified atom stereocenters. The van der Waals surface area contributed by atoms with Gasteiger partial charge in [0.2, 0.25) is 11.8 Å². The van der Waals surface area contributed by atoms with Crippen molar-refractivity contribution in [3.8, 4) is 0 Å². The molecule has 1 heterocycles. The summed E-state index contributed by atoms with van der Waals surface area (Å²) in [5, 5.41) is 17.3. The van der Waals surface area contributed by atoms with Crippen LogP contribution in [0.15, 0.2) is 30.3 Å². The van der Waals surface area contributed by atoms with Gasteiger partial charge in [-0.15, -0.1) is 0 Å². The molecule has 1 saturated heterocycles. The smallest absolute Gasteiger partial charge is 0.306 e. The molecule has 0 bridgehead atoms. The van der Waals surface area contributed by atoms with E-state index in [1.165, 1.54) is 7.11 Å². The van der Waals surface area contributed by atoms with E-state index in [2.05, 4.69) is 29.2 Å². The first-order valence-corrected chi connectivity index (χ1v) is 12.7. The van der Waals surface area contributed by atoms with Crippen LogP contribution in [0, 0.1) is 11.8 Å². The molecule has 196 valence electrons. The predicted molar refractivity (Wildman–Crippen MR) is 133 cm³/mol. The number of ether oxygens (including phenoxy) is 2. The maximum atomic E-state index is 12.9. The van der Waals surface area contributed by atoms with Gasteiger partial charge in [0, 0.05) is 31.6 Å². The number of esters is 1. The standard InChI is InChI=1S/C27H42N2O6/c1-19(2)9-10-22(28-27(33)21-13-15-35-16-14-21)18-24(30)23(17-20-7-5-4-6-8-20)29-25(31)11-12-26(32)34-3/h4-8,19,21-24,30H,9-18H2,1-3H3,(H,28,33)(H,29,31)/t22-,23-,24-/m0/s1. The van der Waals surface area contributed by atoms with Crippen molar-refractivity contribution in [3.05, 3.63) is 35.9 Å². The average Bonchev–Trinajstić information content (AvgIpc) is 2.86. The van der Waals surface area contributed by atoms with Crippen molar-refractivity contribution in [1.82, 2.24) is 10.6 Å². The van der Waals surface area contributed by atoms with Crippen LogP contribution in [0.5, 0.6) is 0 Å². The van der Waals surface area contributed by atoms with Gasteiger partial charge in [-0.25, -0.2) is 0 Å². The van der Waals surface area contributed by atoms with Gasteiger partial charge < -0.3 is 25.2 Å². The number of hydrogen-bond acceptors (Lipinski definition) is 6. The molecule has 2 rings (SSSR count). The topological polar surface area (TPSA) is 114 Å². The number of rotatable bonds is 14. The first kappa shape index (κ1) is 28.8. The van der Waals surface area contributed by atoms with Crippen molar-refractivity contribution in [3.63, 3.8) is 0 Å². The highest BCUT2D eigenvalue weighted by Gasteiger charge is 2.28. The van der Waals surface area contributed by atoms with Gasteiger partial charge in [0.1, 0.15) is 0 Å². The van der Waals surface area contributed by atoms with Gasteiger partial charge in [0.25, 0.3) is 0 Å². The van der Waals surface area contributed by atoms with Gasteiger partial charge >= 0.3 is 5.97 Å². The molecular formula is C27H42N2O6. The highest BCUT2D eigenvalue weighted by atomic mass is 16.5. The Bertz CT molecular complexity index is 779. The third-order valence-corrected chi connectivity index (χ3v) is 6.45. The molecule has 0 saturated carbocycles. The molecule has 2 amide bonds. The van der Waals surface area contributed by atoms with Crippen molar-refractivity contribution in [1.29, 1.82) is 0 Å². The van der Waals surface area contributed by atoms with Gasteiger partial charge in [-0.1, -0.05) is 44.2 Å². The molecule has 1 aliphatic rings. The molecular weight excluding hydrogens is 448 g/mol. The Morgan fingerprint density at radius 1 is 1.06 bits per heavy atom. The van der Waals surface area contributed by atoms with Gasteiger partial charge in [-0.2, -0.15) is 0 Å². The lowest BCUT2D eigenvalue weighted by molar-refractivity contribution is -0.142. The number of carbonyl (C=O) groups is 3. The Morgan fingerprint density at radius 2 is 1.74 bits per heavy atom. The molecule has 8 heteroatoms. The number of aliphatic hydroxyl groups is 1. The zero-order valence-electron chi connectivity index (χ0n) is 21.3. The molecule has 3 N–H and O–H groups in total. The van der Waals surface area contributed by atoms with E-state index < -0.39 is 18.1 Å². The fourth-order valence-electron chi connectivity index (χ4n) is 4.27. The molecule has 1 fully saturated rings. The van der Waals surface area contributed by atoms with Crippen molar-refractivity contribution >= 4 is 17.8 Å². The molecule has 3 atom stereocenters. The summed E-state index contributed by atoms with van der Waals surface area (Å²) < 4.78 is 9.99. The highest BCUT2D eigenvalue weighted by molar-refractivity contribution is 5.81. The summed E-state index contributed by atoms with van der Waals surface area (Å²) in [6.45, 7) is 5.45. The second-order valence-electron chi connectivity index (χ2n) is 9.81. The van der Waals surface area contributed by atoms with Crippen LogP contribution in [0.2, 0.25) is 0 Å². The molecule has 35 heavy (non-hydrogen) atoms. The number of aliphatic hydroxyl groups excluding tert-OH is 1. The fraction of sp³-hybridized carbons (Fsp3) is 0.667. The van der Waals surface area contributed by atoms with E-state index in [4.69, 9.17) is 4.74 Å². The SMILES string of the molecule is COC(=O)CCC(=O)N[C@@H](Cc1ccccc1)[C@@H](O)C[C@H](CCC(C)C)NC(=O)C1CCOCC1. The Kier molecular flexibility index (Phi) is 12.8. The second-order valence-corrected chi connectivity index (χ2v) is 9.81. The first-order chi connectivity index (χ1) is 16.8. The van der Waals surface area contributed by atoms with E-state index in [1.807, 2.05) is 30.3 Å². The third kappa shape index (κ3) is 11.2. The van der Waals surface area contributed by atoms with E-state index in [9.17, 15) is 19.5 Å². The van der Waals surface area contributed by atoms with E-state index in [1.54, 1.807) is 0 Å². The van der Waals surface area contributed by atoms with Crippen LogP contribution in [-0.4, -0.2) is 61.4 Å². The van der Waals surface area contributed by atoms with Crippen LogP contribution in [-0.2, 0) is 30.3 Å². The van der Waals surface area contributed by atoms with Crippen molar-refractivity contribution in [2.24, 2.45) is 11.8 Å². The maximum absolute atomic E-state index is 12.9. The largest absolute Gasteiger partial charge is 0.469 e. The second kappa shape index (κ2) is 15.5. The Morgan fingerprint density at radius 3 is 2.37 bits per heavy atom. The molecule has 0 radical (unpaired) electrons. The molecule has 1 aromatic carbocycles. The van der Waals surface area contributed by atoms with Crippen molar-refractivity contribution < 1.29 is 29.0 Å². The zero-order chi connectivity index (χ0) is 25.6. The molecule has 8 nitrogen and oxygen atoms in total. The number of benzene rings is 1. The van der Waals surface area contributed by atoms with E-state index in [0.29, 0.717) is 44.8 Å². The Labute approximate surface area is 209 Å². The molecule has 0 aromatic heterocycles. The summed E-state index contributed by atoms with van der Waals surface area (Å²) in [5.74, 6) is -0.366. The van der Waals surface area contributed by atoms with Crippen LogP contribution in [0.25, 0.3) is 0 Å². The zero-order valence-corrected chi connectivity index (χ0v) is 21.3. The van der Waals surface area contributed by atoms with Crippen LogP contribution < -0.4 is 10.6 Å². The normalized spacial score (nSPS) is 16.8. The fourth-order valence-corrected chi connectivity index (χ4v) is 4.27. The number of nitrogens with one attached hydrogen (secondary N) is 2. The predicted octanol–water partition coefficient (Wildman–Crippen LogP) is 2.77. The minimum atomic E-state index is -0.871. The van der Waals surface area contributed by atoms with E-state index in [0.717, 1.165) is 18.4 Å². The van der Waals surface area contributed by atoms with Crippen LogP contribution in [0.4, 0.5) is 0 Å². The maximum Gasteiger partial charge on any atom is 0.306 e. The highest BCUT2D eigenvalue weighted by Crippen LogP contribution is 2.19. The Balaban J connectivity index is 2.07. The molecule has 0 spiro atoms. The summed E-state index contributed by atoms with van der Waals surface area (Å²) in [6.07, 6.45) is 2.95. The summed E-state index contributed by atoms with van der Waals surface area (Å²) in [7, 11) is 1.29. The third-order valence-electron chi connectivity index (χ3n) is 6.45. The number of amides is 2. The number of hydrogen-bond donors (Lipinski definition) is 3. The number of methoxy groups -OCH3 is 1. The first-order valence-electron chi connectivity index (χ1n) is 12.7. The van der Waals surface area contributed by atoms with E-state index in [-0.39, 0.29) is 36.6 Å². The Hall–Kier alpha value is -2.45. The minimum Gasteiger partial charge on any atom is -0.469 e. The molecule has 1 aliphatic heterocycles. The summed E-state index contributed by atoms with van der Waals surface area (Å²) >= 11 is 0. The van der Waals surface area contributed by atoms with Crippen molar-refractivity contribution in [2.45, 2.75) is 83.4 Å². The molecule has 0 aliphatic carbocycles. The quantitative estimate of drug-likeness (QED) is 0.346. The average molecular weight is 491 g/mol. The van der Waals surface area contributed by atoms with Crippen LogP contribution in [0.1, 0.15) is 64.4 Å².